The molecule has 0 saturated heterocycles. The molecular formula is C12H14FN3O. The molecule has 0 saturated carbocycles. The number of nitriles is 1. The van der Waals surface area contributed by atoms with Gasteiger partial charge in [-0.15, -0.1) is 0 Å². The number of likely N-dealkylation sites (N-methyl/N-ethyl adjacent to an activating group) is 1. The second kappa shape index (κ2) is 5.97. The van der Waals surface area contributed by atoms with E-state index in [1.165, 1.54) is 12.1 Å². The molecule has 0 aliphatic heterocycles. The van der Waals surface area contributed by atoms with Crippen molar-refractivity contribution in [3.63, 3.8) is 0 Å². The van der Waals surface area contributed by atoms with Gasteiger partial charge in [-0.05, 0) is 30.3 Å². The lowest BCUT2D eigenvalue weighted by Gasteiger charge is -2.18. The largest absolute Gasteiger partial charge is 0.369 e. The molecule has 2 N–H and O–H groups in total. The van der Waals surface area contributed by atoms with E-state index in [-0.39, 0.29) is 12.1 Å². The highest BCUT2D eigenvalue weighted by atomic mass is 19.1. The standard InChI is InChI=1S/C12H14FN3O/c1-2-16(8-12(15)17)7-10-3-9(6-14)4-11(13)5-10/h3-5H,2,7-8H2,1H3,(H2,15,17). The van der Waals surface area contributed by atoms with Gasteiger partial charge < -0.3 is 5.73 Å². The number of hydrogen-bond donors (Lipinski definition) is 1. The Kier molecular flexibility index (Phi) is 4.61. The molecule has 0 radical (unpaired) electrons. The van der Waals surface area contributed by atoms with E-state index in [4.69, 9.17) is 11.0 Å². The van der Waals surface area contributed by atoms with Gasteiger partial charge in [-0.25, -0.2) is 4.39 Å². The Morgan fingerprint density at radius 3 is 2.76 bits per heavy atom. The number of primary amides is 1. The van der Waals surface area contributed by atoms with Crippen LogP contribution in [0.1, 0.15) is 18.1 Å². The van der Waals surface area contributed by atoms with Crippen molar-refractivity contribution >= 4 is 5.91 Å². The molecule has 1 amide bonds. The minimum absolute atomic E-state index is 0.120. The number of benzene rings is 1. The van der Waals surface area contributed by atoms with Gasteiger partial charge >= 0.3 is 0 Å². The van der Waals surface area contributed by atoms with E-state index in [1.807, 2.05) is 13.0 Å². The molecule has 0 aliphatic carbocycles. The van der Waals surface area contributed by atoms with Crippen molar-refractivity contribution in [2.45, 2.75) is 13.5 Å². The van der Waals surface area contributed by atoms with Crippen molar-refractivity contribution in [2.24, 2.45) is 5.73 Å². The zero-order chi connectivity index (χ0) is 12.8. The van der Waals surface area contributed by atoms with Gasteiger partial charge in [-0.2, -0.15) is 5.26 Å². The molecule has 0 heterocycles. The Labute approximate surface area is 99.4 Å². The fourth-order valence-corrected chi connectivity index (χ4v) is 1.56. The Hall–Kier alpha value is -1.93. The predicted octanol–water partition coefficient (Wildman–Crippen LogP) is 1.00. The molecule has 5 heteroatoms. The Morgan fingerprint density at radius 1 is 1.53 bits per heavy atom. The first-order valence-corrected chi connectivity index (χ1v) is 5.25. The van der Waals surface area contributed by atoms with E-state index in [2.05, 4.69) is 0 Å². The number of amides is 1. The van der Waals surface area contributed by atoms with Gasteiger partial charge in [0.05, 0.1) is 18.2 Å². The Balaban J connectivity index is 2.82. The van der Waals surface area contributed by atoms with Crippen LogP contribution in [0.2, 0.25) is 0 Å². The van der Waals surface area contributed by atoms with Crippen molar-refractivity contribution in [1.82, 2.24) is 4.90 Å². The molecule has 0 unspecified atom stereocenters. The molecule has 0 fully saturated rings. The summed E-state index contributed by atoms with van der Waals surface area (Å²) in [6.07, 6.45) is 0. The third kappa shape index (κ3) is 4.21. The van der Waals surface area contributed by atoms with Crippen LogP contribution < -0.4 is 5.73 Å². The minimum atomic E-state index is -0.450. The zero-order valence-corrected chi connectivity index (χ0v) is 9.61. The monoisotopic (exact) mass is 235 g/mol. The van der Waals surface area contributed by atoms with E-state index >= 15 is 0 Å². The molecule has 0 spiro atoms. The highest BCUT2D eigenvalue weighted by Gasteiger charge is 2.08. The Morgan fingerprint density at radius 2 is 2.24 bits per heavy atom. The zero-order valence-electron chi connectivity index (χ0n) is 9.61. The van der Waals surface area contributed by atoms with Crippen LogP contribution in [0.3, 0.4) is 0 Å². The van der Waals surface area contributed by atoms with E-state index in [9.17, 15) is 9.18 Å². The highest BCUT2D eigenvalue weighted by molar-refractivity contribution is 5.75. The number of nitrogens with zero attached hydrogens (tertiary/aromatic N) is 2. The predicted molar refractivity (Wildman–Crippen MR) is 61.3 cm³/mol. The van der Waals surface area contributed by atoms with Crippen molar-refractivity contribution < 1.29 is 9.18 Å². The fraction of sp³-hybridized carbons (Fsp3) is 0.333. The summed E-state index contributed by atoms with van der Waals surface area (Å²) in [4.78, 5) is 12.6. The summed E-state index contributed by atoms with van der Waals surface area (Å²) in [5, 5.41) is 8.72. The highest BCUT2D eigenvalue weighted by Crippen LogP contribution is 2.10. The molecule has 17 heavy (non-hydrogen) atoms. The molecule has 0 atom stereocenters. The Bertz CT molecular complexity index is 454. The number of halogens is 1. The molecule has 0 bridgehead atoms. The smallest absolute Gasteiger partial charge is 0.231 e. The summed E-state index contributed by atoms with van der Waals surface area (Å²) in [6, 6.07) is 6.02. The third-order valence-electron chi connectivity index (χ3n) is 2.32. The van der Waals surface area contributed by atoms with Crippen molar-refractivity contribution in [3.8, 4) is 6.07 Å². The van der Waals surface area contributed by atoms with Crippen molar-refractivity contribution in [3.05, 3.63) is 35.1 Å². The topological polar surface area (TPSA) is 70.1 Å². The lowest BCUT2D eigenvalue weighted by Crippen LogP contribution is -2.33. The molecule has 1 rings (SSSR count). The third-order valence-corrected chi connectivity index (χ3v) is 2.32. The average Bonchev–Trinajstić information content (AvgIpc) is 2.26. The van der Waals surface area contributed by atoms with E-state index in [0.717, 1.165) is 0 Å². The number of carbonyl (C=O) groups excluding carboxylic acids is 1. The lowest BCUT2D eigenvalue weighted by molar-refractivity contribution is -0.119. The molecule has 90 valence electrons. The first-order valence-electron chi connectivity index (χ1n) is 5.25. The molecule has 1 aromatic carbocycles. The van der Waals surface area contributed by atoms with Crippen molar-refractivity contribution in [2.75, 3.05) is 13.1 Å². The molecule has 1 aromatic rings. The van der Waals surface area contributed by atoms with Gasteiger partial charge in [-0.3, -0.25) is 9.69 Å². The maximum absolute atomic E-state index is 13.2. The lowest BCUT2D eigenvalue weighted by atomic mass is 10.1. The average molecular weight is 235 g/mol. The molecular weight excluding hydrogens is 221 g/mol. The molecule has 0 aromatic heterocycles. The fourth-order valence-electron chi connectivity index (χ4n) is 1.56. The number of rotatable bonds is 5. The normalized spacial score (nSPS) is 10.2. The van der Waals surface area contributed by atoms with Gasteiger partial charge in [0, 0.05) is 6.54 Å². The van der Waals surface area contributed by atoms with Gasteiger partial charge in [0.1, 0.15) is 5.82 Å². The summed E-state index contributed by atoms with van der Waals surface area (Å²) in [6.45, 7) is 3.02. The van der Waals surface area contributed by atoms with E-state index in [0.29, 0.717) is 18.7 Å². The second-order valence-corrected chi connectivity index (χ2v) is 3.73. The van der Waals surface area contributed by atoms with Crippen LogP contribution in [0, 0.1) is 17.1 Å². The summed E-state index contributed by atoms with van der Waals surface area (Å²) in [7, 11) is 0. The minimum Gasteiger partial charge on any atom is -0.369 e. The van der Waals surface area contributed by atoms with Crippen LogP contribution >= 0.6 is 0 Å². The molecule has 4 nitrogen and oxygen atoms in total. The summed E-state index contributed by atoms with van der Waals surface area (Å²) >= 11 is 0. The molecule has 0 aliphatic rings. The van der Waals surface area contributed by atoms with Gasteiger partial charge in [0.25, 0.3) is 0 Å². The van der Waals surface area contributed by atoms with Crippen LogP contribution in [0.15, 0.2) is 18.2 Å². The number of carbonyl (C=O) groups is 1. The SMILES string of the molecule is CCN(CC(N)=O)Cc1cc(F)cc(C#N)c1. The van der Waals surface area contributed by atoms with Crippen LogP contribution in [0.25, 0.3) is 0 Å². The van der Waals surface area contributed by atoms with Gasteiger partial charge in [0.2, 0.25) is 5.91 Å². The summed E-state index contributed by atoms with van der Waals surface area (Å²) in [5.74, 6) is -0.877. The first-order chi connectivity index (χ1) is 8.05. The van der Waals surface area contributed by atoms with Crippen LogP contribution in [0.4, 0.5) is 4.39 Å². The maximum atomic E-state index is 13.2. The van der Waals surface area contributed by atoms with E-state index < -0.39 is 11.7 Å². The van der Waals surface area contributed by atoms with Crippen molar-refractivity contribution in [1.29, 1.82) is 5.26 Å². The van der Waals surface area contributed by atoms with Gasteiger partial charge in [-0.1, -0.05) is 6.92 Å². The first kappa shape index (κ1) is 13.1. The van der Waals surface area contributed by atoms with Crippen LogP contribution in [-0.4, -0.2) is 23.9 Å². The van der Waals surface area contributed by atoms with Gasteiger partial charge in [0.15, 0.2) is 0 Å². The maximum Gasteiger partial charge on any atom is 0.231 e. The number of nitrogens with two attached hydrogens (primary N) is 1. The van der Waals surface area contributed by atoms with Crippen LogP contribution in [-0.2, 0) is 11.3 Å². The number of hydrogen-bond acceptors (Lipinski definition) is 3. The summed E-state index contributed by atoms with van der Waals surface area (Å²) in [5.41, 5.74) is 6.03. The van der Waals surface area contributed by atoms with Crippen LogP contribution in [0.5, 0.6) is 0 Å². The van der Waals surface area contributed by atoms with E-state index in [1.54, 1.807) is 11.0 Å². The summed E-state index contributed by atoms with van der Waals surface area (Å²) < 4.78 is 13.2. The second-order valence-electron chi connectivity index (χ2n) is 3.73. The quantitative estimate of drug-likeness (QED) is 0.827.